The Hall–Kier alpha value is -3.53. The molecule has 0 unspecified atom stereocenters. The van der Waals surface area contributed by atoms with Crippen molar-refractivity contribution in [1.82, 2.24) is 4.57 Å². The fraction of sp³-hybridized carbons (Fsp3) is 0.174. The number of rotatable bonds is 4. The van der Waals surface area contributed by atoms with Crippen LogP contribution in [0.5, 0.6) is 0 Å². The molecule has 0 aliphatic heterocycles. The van der Waals surface area contributed by atoms with Gasteiger partial charge >= 0.3 is 12.4 Å². The maximum absolute atomic E-state index is 13.7. The minimum Gasteiger partial charge on any atom is -0.392 e. The maximum Gasteiger partial charge on any atom is 0.416 e. The van der Waals surface area contributed by atoms with Crippen molar-refractivity contribution < 1.29 is 36.2 Å². The van der Waals surface area contributed by atoms with Crippen molar-refractivity contribution in [1.29, 1.82) is 0 Å². The molecule has 3 aromatic carbocycles. The molecule has 4 rings (SSSR count). The fourth-order valence-electron chi connectivity index (χ4n) is 3.99. The highest BCUT2D eigenvalue weighted by molar-refractivity contribution is 6.18. The summed E-state index contributed by atoms with van der Waals surface area (Å²) >= 11 is 0. The zero-order valence-electron chi connectivity index (χ0n) is 16.8. The zero-order valence-corrected chi connectivity index (χ0v) is 16.8. The number of aliphatic hydroxyl groups is 1. The Morgan fingerprint density at radius 2 is 1.64 bits per heavy atom. The lowest BCUT2D eigenvalue weighted by atomic mass is 10.0. The maximum atomic E-state index is 13.7. The molecule has 0 bridgehead atoms. The second-order valence-corrected chi connectivity index (χ2v) is 7.53. The number of benzene rings is 3. The first-order chi connectivity index (χ1) is 15.4. The molecular formula is C23H16F6N2O2. The van der Waals surface area contributed by atoms with E-state index in [1.54, 1.807) is 24.3 Å². The van der Waals surface area contributed by atoms with Crippen LogP contribution in [0.2, 0.25) is 0 Å². The van der Waals surface area contributed by atoms with Gasteiger partial charge in [-0.1, -0.05) is 24.3 Å². The molecule has 1 amide bonds. The highest BCUT2D eigenvalue weighted by Gasteiger charge is 2.38. The number of hydrogen-bond donors (Lipinski definition) is 2. The van der Waals surface area contributed by atoms with Crippen LogP contribution in [0, 0.1) is 0 Å². The Balaban J connectivity index is 2.01. The molecule has 172 valence electrons. The van der Waals surface area contributed by atoms with Crippen molar-refractivity contribution >= 4 is 27.7 Å². The van der Waals surface area contributed by atoms with E-state index >= 15 is 0 Å². The molecule has 4 aromatic rings. The normalized spacial score (nSPS) is 12.6. The smallest absolute Gasteiger partial charge is 0.392 e. The van der Waals surface area contributed by atoms with Crippen molar-refractivity contribution in [2.75, 3.05) is 0 Å². The van der Waals surface area contributed by atoms with E-state index in [1.807, 2.05) is 0 Å². The number of primary amides is 1. The lowest BCUT2D eigenvalue weighted by Crippen LogP contribution is -2.15. The van der Waals surface area contributed by atoms with E-state index in [9.17, 15) is 36.2 Å². The quantitative estimate of drug-likeness (QED) is 0.392. The van der Waals surface area contributed by atoms with E-state index in [0.717, 1.165) is 6.07 Å². The third-order valence-electron chi connectivity index (χ3n) is 5.47. The van der Waals surface area contributed by atoms with Gasteiger partial charge in [-0.2, -0.15) is 26.3 Å². The molecule has 10 heteroatoms. The van der Waals surface area contributed by atoms with Crippen LogP contribution in [0.25, 0.3) is 21.8 Å². The van der Waals surface area contributed by atoms with Gasteiger partial charge in [-0.3, -0.25) is 4.79 Å². The summed E-state index contributed by atoms with van der Waals surface area (Å²) in [4.78, 5) is 12.0. The van der Waals surface area contributed by atoms with Crippen LogP contribution in [0.3, 0.4) is 0 Å². The summed E-state index contributed by atoms with van der Waals surface area (Å²) < 4.78 is 81.7. The molecule has 0 radical (unpaired) electrons. The number of carbonyl (C=O) groups is 1. The number of alkyl halides is 6. The molecule has 4 nitrogen and oxygen atoms in total. The average Bonchev–Trinajstić information content (AvgIpc) is 3.05. The molecule has 33 heavy (non-hydrogen) atoms. The van der Waals surface area contributed by atoms with Crippen LogP contribution in [-0.4, -0.2) is 15.6 Å². The van der Waals surface area contributed by atoms with Gasteiger partial charge in [0, 0.05) is 28.4 Å². The minimum absolute atomic E-state index is 0.0944. The molecule has 0 fully saturated rings. The third-order valence-corrected chi connectivity index (χ3v) is 5.47. The molecule has 0 aliphatic carbocycles. The predicted octanol–water partition coefficient (Wildman–Crippen LogP) is 5.47. The summed E-state index contributed by atoms with van der Waals surface area (Å²) in [5.74, 6) is -0.739. The van der Waals surface area contributed by atoms with E-state index in [1.165, 1.54) is 16.7 Å². The molecule has 1 aromatic heterocycles. The van der Waals surface area contributed by atoms with Crippen LogP contribution in [0.1, 0.15) is 32.6 Å². The van der Waals surface area contributed by atoms with Gasteiger partial charge in [-0.25, -0.2) is 0 Å². The first-order valence-electron chi connectivity index (χ1n) is 9.63. The van der Waals surface area contributed by atoms with Gasteiger partial charge in [0.25, 0.3) is 0 Å². The summed E-state index contributed by atoms with van der Waals surface area (Å²) in [6, 6.07) is 10.8. The topological polar surface area (TPSA) is 68.2 Å². The number of nitrogens with two attached hydrogens (primary N) is 1. The third kappa shape index (κ3) is 4.02. The van der Waals surface area contributed by atoms with E-state index in [-0.39, 0.29) is 23.8 Å². The van der Waals surface area contributed by atoms with Gasteiger partial charge in [0.05, 0.1) is 23.3 Å². The monoisotopic (exact) mass is 466 g/mol. The van der Waals surface area contributed by atoms with Gasteiger partial charge < -0.3 is 15.4 Å². The first kappa shape index (κ1) is 22.7. The van der Waals surface area contributed by atoms with Crippen LogP contribution >= 0.6 is 0 Å². The Morgan fingerprint density at radius 1 is 0.909 bits per heavy atom. The van der Waals surface area contributed by atoms with Crippen molar-refractivity contribution in [2.45, 2.75) is 25.5 Å². The number of amides is 1. The molecule has 0 saturated carbocycles. The van der Waals surface area contributed by atoms with Crippen molar-refractivity contribution in [3.63, 3.8) is 0 Å². The fourth-order valence-corrected chi connectivity index (χ4v) is 3.99. The predicted molar refractivity (Wildman–Crippen MR) is 109 cm³/mol. The van der Waals surface area contributed by atoms with Crippen LogP contribution < -0.4 is 5.73 Å². The van der Waals surface area contributed by atoms with Crippen molar-refractivity contribution in [2.24, 2.45) is 5.73 Å². The van der Waals surface area contributed by atoms with Crippen LogP contribution in [0.4, 0.5) is 26.3 Å². The number of nitrogens with zero attached hydrogens (tertiary/aromatic N) is 1. The van der Waals surface area contributed by atoms with E-state index < -0.39 is 35.9 Å². The largest absolute Gasteiger partial charge is 0.416 e. The van der Waals surface area contributed by atoms with Gasteiger partial charge in [0.1, 0.15) is 0 Å². The number of hydrogen-bond acceptors (Lipinski definition) is 2. The lowest BCUT2D eigenvalue weighted by Gasteiger charge is -2.17. The van der Waals surface area contributed by atoms with E-state index in [0.29, 0.717) is 33.4 Å². The molecule has 0 spiro atoms. The molecular weight excluding hydrogens is 450 g/mol. The van der Waals surface area contributed by atoms with Gasteiger partial charge in [-0.15, -0.1) is 0 Å². The Labute approximate surface area is 182 Å². The SMILES string of the molecule is NC(=O)c1cccc2c1c1ccc(CO)cc1n2Cc1ccc(C(F)(F)F)cc1C(F)(F)F. The van der Waals surface area contributed by atoms with Crippen LogP contribution in [0.15, 0.2) is 54.6 Å². The zero-order chi connectivity index (χ0) is 24.1. The van der Waals surface area contributed by atoms with Crippen molar-refractivity contribution in [3.8, 4) is 0 Å². The standard InChI is InChI=1S/C23H16F6N2O2/c24-22(25,26)14-6-5-13(17(9-14)23(27,28)29)10-31-18-3-1-2-16(21(30)33)20(18)15-7-4-12(11-32)8-19(15)31/h1-9,32H,10-11H2,(H2,30,33). The summed E-state index contributed by atoms with van der Waals surface area (Å²) in [5.41, 5.74) is 3.69. The minimum atomic E-state index is -5.02. The van der Waals surface area contributed by atoms with E-state index in [4.69, 9.17) is 5.73 Å². The summed E-state index contributed by atoms with van der Waals surface area (Å²) in [6.45, 7) is -0.766. The Morgan fingerprint density at radius 3 is 2.24 bits per heavy atom. The first-order valence-corrected chi connectivity index (χ1v) is 9.63. The number of aliphatic hydroxyl groups excluding tert-OH is 1. The molecule has 0 aliphatic rings. The number of carbonyl (C=O) groups excluding carboxylic acids is 1. The number of aromatic nitrogens is 1. The Kier molecular flexibility index (Phi) is 5.36. The van der Waals surface area contributed by atoms with Gasteiger partial charge in [0.2, 0.25) is 5.91 Å². The molecule has 0 saturated heterocycles. The second-order valence-electron chi connectivity index (χ2n) is 7.53. The molecule has 0 atom stereocenters. The van der Waals surface area contributed by atoms with Crippen LogP contribution in [-0.2, 0) is 25.5 Å². The summed E-state index contributed by atoms with van der Waals surface area (Å²) in [6.07, 6.45) is -9.96. The highest BCUT2D eigenvalue weighted by atomic mass is 19.4. The van der Waals surface area contributed by atoms with Gasteiger partial charge in [-0.05, 0) is 41.5 Å². The number of halogens is 6. The average molecular weight is 466 g/mol. The second kappa shape index (κ2) is 7.80. The molecule has 3 N–H and O–H groups in total. The summed E-state index contributed by atoms with van der Waals surface area (Å²) in [7, 11) is 0. The van der Waals surface area contributed by atoms with E-state index in [2.05, 4.69) is 0 Å². The summed E-state index contributed by atoms with van der Waals surface area (Å²) in [5, 5.41) is 10.4. The number of fused-ring (bicyclic) bond motifs is 3. The Bertz CT molecular complexity index is 1390. The molecule has 1 heterocycles. The van der Waals surface area contributed by atoms with Gasteiger partial charge in [0.15, 0.2) is 0 Å². The highest BCUT2D eigenvalue weighted by Crippen LogP contribution is 2.39. The van der Waals surface area contributed by atoms with Crippen molar-refractivity contribution in [3.05, 3.63) is 82.4 Å². The lowest BCUT2D eigenvalue weighted by molar-refractivity contribution is -0.143.